The Bertz CT molecular complexity index is 515. The molecule has 3 nitrogen and oxygen atoms in total. The van der Waals surface area contributed by atoms with Crippen LogP contribution >= 0.6 is 11.3 Å². The molecule has 0 bridgehead atoms. The van der Waals surface area contributed by atoms with Crippen LogP contribution in [0.1, 0.15) is 29.9 Å². The highest BCUT2D eigenvalue weighted by Crippen LogP contribution is 2.24. The second-order valence-electron chi connectivity index (χ2n) is 4.68. The van der Waals surface area contributed by atoms with E-state index in [1.54, 1.807) is 0 Å². The third kappa shape index (κ3) is 4.04. The van der Waals surface area contributed by atoms with Crippen molar-refractivity contribution < 1.29 is 9.53 Å². The molecule has 102 valence electrons. The maximum atomic E-state index is 12.0. The van der Waals surface area contributed by atoms with Gasteiger partial charge in [-0.15, -0.1) is 11.3 Å². The monoisotopic (exact) mass is 277 g/mol. The molecule has 0 aliphatic rings. The van der Waals surface area contributed by atoms with E-state index in [4.69, 9.17) is 4.74 Å². The van der Waals surface area contributed by atoms with Crippen molar-refractivity contribution in [1.29, 1.82) is 0 Å². The molecule has 0 unspecified atom stereocenters. The van der Waals surface area contributed by atoms with Crippen molar-refractivity contribution in [1.82, 2.24) is 5.32 Å². The highest BCUT2D eigenvalue weighted by molar-refractivity contribution is 7.20. The first kappa shape index (κ1) is 14.0. The van der Waals surface area contributed by atoms with E-state index >= 15 is 0 Å². The van der Waals surface area contributed by atoms with Crippen LogP contribution in [0.2, 0.25) is 0 Å². The zero-order chi connectivity index (χ0) is 13.7. The summed E-state index contributed by atoms with van der Waals surface area (Å²) in [5.74, 6) is 0.00532. The second-order valence-corrected chi connectivity index (χ2v) is 5.76. The molecule has 1 aromatic carbocycles. The van der Waals surface area contributed by atoms with E-state index < -0.39 is 0 Å². The topological polar surface area (TPSA) is 38.3 Å². The predicted molar refractivity (Wildman–Crippen MR) is 79.9 cm³/mol. The van der Waals surface area contributed by atoms with Crippen molar-refractivity contribution in [2.45, 2.75) is 26.4 Å². The summed E-state index contributed by atoms with van der Waals surface area (Å²) in [7, 11) is 0. The Morgan fingerprint density at radius 3 is 2.89 bits per heavy atom. The maximum absolute atomic E-state index is 12.0. The summed E-state index contributed by atoms with van der Waals surface area (Å²) < 4.78 is 6.58. The number of nitrogens with one attached hydrogen (secondary N) is 1. The number of carbonyl (C=O) groups excluding carboxylic acids is 1. The average molecular weight is 277 g/mol. The molecule has 1 N–H and O–H groups in total. The Balaban J connectivity index is 1.83. The van der Waals surface area contributed by atoms with Crippen molar-refractivity contribution >= 4 is 27.3 Å². The van der Waals surface area contributed by atoms with E-state index in [9.17, 15) is 4.79 Å². The molecule has 0 atom stereocenters. The van der Waals surface area contributed by atoms with Gasteiger partial charge in [0.25, 0.3) is 5.91 Å². The molecule has 0 saturated carbocycles. The number of carbonyl (C=O) groups is 1. The fourth-order valence-electron chi connectivity index (χ4n) is 1.77. The molecule has 4 heteroatoms. The number of rotatable bonds is 6. The van der Waals surface area contributed by atoms with Gasteiger partial charge < -0.3 is 10.1 Å². The molecule has 0 spiro atoms. The Morgan fingerprint density at radius 2 is 2.16 bits per heavy atom. The van der Waals surface area contributed by atoms with Crippen LogP contribution in [-0.4, -0.2) is 25.2 Å². The third-order valence-corrected chi connectivity index (χ3v) is 3.82. The standard InChI is InChI=1S/C15H19NO2S/c1-11(2)18-9-5-8-16-15(17)14-10-12-6-3-4-7-13(12)19-14/h3-4,6-7,10-11H,5,8-9H2,1-2H3,(H,16,17). The van der Waals surface area contributed by atoms with Crippen LogP contribution in [0.5, 0.6) is 0 Å². The predicted octanol–water partition coefficient (Wildman–Crippen LogP) is 3.45. The van der Waals surface area contributed by atoms with Crippen LogP contribution in [-0.2, 0) is 4.74 Å². The highest BCUT2D eigenvalue weighted by Gasteiger charge is 2.09. The van der Waals surface area contributed by atoms with Crippen molar-refractivity contribution in [3.63, 3.8) is 0 Å². The van der Waals surface area contributed by atoms with Crippen molar-refractivity contribution in [3.05, 3.63) is 35.2 Å². The zero-order valence-electron chi connectivity index (χ0n) is 11.3. The minimum atomic E-state index is 0.00532. The molecule has 2 rings (SSSR count). The fraction of sp³-hybridized carbons (Fsp3) is 0.400. The van der Waals surface area contributed by atoms with E-state index in [-0.39, 0.29) is 12.0 Å². The zero-order valence-corrected chi connectivity index (χ0v) is 12.1. The maximum Gasteiger partial charge on any atom is 0.261 e. The van der Waals surface area contributed by atoms with Gasteiger partial charge in [0.05, 0.1) is 11.0 Å². The van der Waals surface area contributed by atoms with Gasteiger partial charge in [-0.25, -0.2) is 0 Å². The lowest BCUT2D eigenvalue weighted by Gasteiger charge is -2.07. The highest BCUT2D eigenvalue weighted by atomic mass is 32.1. The van der Waals surface area contributed by atoms with Crippen molar-refractivity contribution in [2.75, 3.05) is 13.2 Å². The van der Waals surface area contributed by atoms with E-state index in [2.05, 4.69) is 5.32 Å². The smallest absolute Gasteiger partial charge is 0.261 e. The van der Waals surface area contributed by atoms with Gasteiger partial charge >= 0.3 is 0 Å². The first-order chi connectivity index (χ1) is 9.16. The molecule has 0 aliphatic carbocycles. The van der Waals surface area contributed by atoms with Crippen LogP contribution in [0.15, 0.2) is 30.3 Å². The van der Waals surface area contributed by atoms with Crippen LogP contribution in [0.3, 0.4) is 0 Å². The number of amides is 1. The molecule has 0 fully saturated rings. The van der Waals surface area contributed by atoms with E-state index in [1.165, 1.54) is 11.3 Å². The van der Waals surface area contributed by atoms with Gasteiger partial charge in [0, 0.05) is 17.9 Å². The minimum Gasteiger partial charge on any atom is -0.379 e. The third-order valence-electron chi connectivity index (χ3n) is 2.71. The van der Waals surface area contributed by atoms with Crippen molar-refractivity contribution in [2.24, 2.45) is 0 Å². The number of benzene rings is 1. The Morgan fingerprint density at radius 1 is 1.37 bits per heavy atom. The van der Waals surface area contributed by atoms with E-state index in [1.807, 2.05) is 44.2 Å². The number of hydrogen-bond donors (Lipinski definition) is 1. The van der Waals surface area contributed by atoms with Crippen molar-refractivity contribution in [3.8, 4) is 0 Å². The first-order valence-electron chi connectivity index (χ1n) is 6.55. The van der Waals surface area contributed by atoms with Crippen LogP contribution in [0.25, 0.3) is 10.1 Å². The number of hydrogen-bond acceptors (Lipinski definition) is 3. The van der Waals surface area contributed by atoms with Crippen LogP contribution in [0, 0.1) is 0 Å². The second kappa shape index (κ2) is 6.68. The lowest BCUT2D eigenvalue weighted by Crippen LogP contribution is -2.24. The molecular formula is C15H19NO2S. The molecule has 1 amide bonds. The quantitative estimate of drug-likeness (QED) is 0.821. The van der Waals surface area contributed by atoms with E-state index in [0.717, 1.165) is 21.4 Å². The van der Waals surface area contributed by atoms with Gasteiger partial charge in [-0.3, -0.25) is 4.79 Å². The molecule has 19 heavy (non-hydrogen) atoms. The summed E-state index contributed by atoms with van der Waals surface area (Å²) >= 11 is 1.53. The Labute approximate surface area is 117 Å². The fourth-order valence-corrected chi connectivity index (χ4v) is 2.75. The number of fused-ring (bicyclic) bond motifs is 1. The average Bonchev–Trinajstić information content (AvgIpc) is 2.81. The molecular weight excluding hydrogens is 258 g/mol. The van der Waals surface area contributed by atoms with Gasteiger partial charge in [-0.05, 0) is 37.8 Å². The Kier molecular flexibility index (Phi) is 4.93. The normalized spacial score (nSPS) is 11.1. The summed E-state index contributed by atoms with van der Waals surface area (Å²) in [6, 6.07) is 9.98. The van der Waals surface area contributed by atoms with Crippen LogP contribution in [0.4, 0.5) is 0 Å². The number of thiophene rings is 1. The molecule has 0 aliphatic heterocycles. The van der Waals surface area contributed by atoms with Crippen LogP contribution < -0.4 is 5.32 Å². The van der Waals surface area contributed by atoms with E-state index in [0.29, 0.717) is 13.2 Å². The first-order valence-corrected chi connectivity index (χ1v) is 7.37. The van der Waals surface area contributed by atoms with Gasteiger partial charge in [0.2, 0.25) is 0 Å². The molecule has 0 saturated heterocycles. The molecule has 1 aromatic heterocycles. The summed E-state index contributed by atoms with van der Waals surface area (Å²) in [4.78, 5) is 12.7. The number of ether oxygens (including phenoxy) is 1. The lowest BCUT2D eigenvalue weighted by atomic mass is 10.2. The summed E-state index contributed by atoms with van der Waals surface area (Å²) in [5.41, 5.74) is 0. The summed E-state index contributed by atoms with van der Waals surface area (Å²) in [5, 5.41) is 4.05. The minimum absolute atomic E-state index is 0.00532. The van der Waals surface area contributed by atoms with Gasteiger partial charge in [0.1, 0.15) is 0 Å². The molecule has 0 radical (unpaired) electrons. The Hall–Kier alpha value is -1.39. The largest absolute Gasteiger partial charge is 0.379 e. The molecule has 2 aromatic rings. The lowest BCUT2D eigenvalue weighted by molar-refractivity contribution is 0.0757. The van der Waals surface area contributed by atoms with Gasteiger partial charge in [0.15, 0.2) is 0 Å². The molecule has 1 heterocycles. The SMILES string of the molecule is CC(C)OCCCNC(=O)c1cc2ccccc2s1. The van der Waals surface area contributed by atoms with Gasteiger partial charge in [-0.2, -0.15) is 0 Å². The van der Waals surface area contributed by atoms with Gasteiger partial charge in [-0.1, -0.05) is 18.2 Å². The summed E-state index contributed by atoms with van der Waals surface area (Å²) in [6.45, 7) is 5.36. The summed E-state index contributed by atoms with van der Waals surface area (Å²) in [6.07, 6.45) is 1.09.